The molecule has 160 valence electrons. The van der Waals surface area contributed by atoms with Gasteiger partial charge in [0.25, 0.3) is 0 Å². The van der Waals surface area contributed by atoms with Crippen molar-refractivity contribution in [2.75, 3.05) is 31.5 Å². The zero-order valence-corrected chi connectivity index (χ0v) is 19.4. The molecule has 10 heteroatoms. The summed E-state index contributed by atoms with van der Waals surface area (Å²) >= 11 is 1.50. The van der Waals surface area contributed by atoms with Gasteiger partial charge in [-0.15, -0.1) is 11.3 Å². The Labute approximate surface area is 176 Å². The highest BCUT2D eigenvalue weighted by atomic mass is 32.2. The smallest absolute Gasteiger partial charge is 0.244 e. The first kappa shape index (κ1) is 21.9. The number of nitrogens with zero attached hydrogens (tertiary/aromatic N) is 4. The van der Waals surface area contributed by atoms with Gasteiger partial charge in [0, 0.05) is 43.0 Å². The minimum Gasteiger partial charge on any atom is -0.322 e. The van der Waals surface area contributed by atoms with Gasteiger partial charge in [0.15, 0.2) is 0 Å². The molecule has 1 aliphatic rings. The Bertz CT molecular complexity index is 1020. The summed E-state index contributed by atoms with van der Waals surface area (Å²) in [6, 6.07) is 1.39. The number of hydrogen-bond donors (Lipinski definition) is 1. The molecule has 3 heterocycles. The Morgan fingerprint density at radius 3 is 2.28 bits per heavy atom. The number of aryl methyl sites for hydroxylation is 4. The van der Waals surface area contributed by atoms with Crippen molar-refractivity contribution in [3.8, 4) is 0 Å². The predicted molar refractivity (Wildman–Crippen MR) is 115 cm³/mol. The molecule has 0 aromatic carbocycles. The lowest BCUT2D eigenvalue weighted by atomic mass is 10.2. The molecule has 1 aliphatic heterocycles. The average Bonchev–Trinajstić information content (AvgIpc) is 3.14. The lowest BCUT2D eigenvalue weighted by molar-refractivity contribution is -0.121. The van der Waals surface area contributed by atoms with E-state index in [0.29, 0.717) is 31.1 Å². The normalized spacial score (nSPS) is 17.4. The van der Waals surface area contributed by atoms with Crippen LogP contribution in [0.1, 0.15) is 28.1 Å². The van der Waals surface area contributed by atoms with Crippen LogP contribution in [-0.4, -0.2) is 65.5 Å². The van der Waals surface area contributed by atoms with E-state index >= 15 is 0 Å². The molecule has 3 rings (SSSR count). The van der Waals surface area contributed by atoms with Gasteiger partial charge in [-0.2, -0.15) is 9.40 Å². The Hall–Kier alpha value is -1.75. The molecule has 0 bridgehead atoms. The van der Waals surface area contributed by atoms with Gasteiger partial charge in [0.1, 0.15) is 0 Å². The van der Waals surface area contributed by atoms with Crippen molar-refractivity contribution in [3.05, 3.63) is 27.2 Å². The van der Waals surface area contributed by atoms with Crippen LogP contribution in [0.2, 0.25) is 0 Å². The number of piperazine rings is 1. The standard InChI is InChI=1S/C19H29N5O3S2/c1-12-11-17(16(5)28-12)29(26,27)24-9-7-23(8-10-24)15(4)19(25)20-18-13(2)21-22(6)14(18)3/h11,15H,7-10H2,1-6H3,(H,20,25). The van der Waals surface area contributed by atoms with Crippen molar-refractivity contribution in [1.82, 2.24) is 19.0 Å². The zero-order chi connectivity index (χ0) is 21.5. The first-order valence-electron chi connectivity index (χ1n) is 9.64. The summed E-state index contributed by atoms with van der Waals surface area (Å²) < 4.78 is 29.2. The predicted octanol–water partition coefficient (Wildman–Crippen LogP) is 2.05. The van der Waals surface area contributed by atoms with Crippen LogP contribution < -0.4 is 5.32 Å². The minimum absolute atomic E-state index is 0.107. The fourth-order valence-electron chi connectivity index (χ4n) is 3.68. The molecular formula is C19H29N5O3S2. The minimum atomic E-state index is -3.49. The van der Waals surface area contributed by atoms with Crippen LogP contribution in [0.3, 0.4) is 0 Å². The molecule has 0 spiro atoms. The number of anilines is 1. The number of rotatable bonds is 5. The highest BCUT2D eigenvalue weighted by Gasteiger charge is 2.33. The monoisotopic (exact) mass is 439 g/mol. The van der Waals surface area contributed by atoms with E-state index in [1.165, 1.54) is 15.6 Å². The zero-order valence-electron chi connectivity index (χ0n) is 17.8. The lowest BCUT2D eigenvalue weighted by Crippen LogP contribution is -2.54. The maximum Gasteiger partial charge on any atom is 0.244 e. The number of carbonyl (C=O) groups is 1. The number of thiophene rings is 1. The molecule has 29 heavy (non-hydrogen) atoms. The van der Waals surface area contributed by atoms with Crippen LogP contribution in [0.4, 0.5) is 5.69 Å². The summed E-state index contributed by atoms with van der Waals surface area (Å²) in [5, 5.41) is 7.31. The molecule has 1 N–H and O–H groups in total. The Morgan fingerprint density at radius 1 is 1.17 bits per heavy atom. The second kappa shape index (κ2) is 8.17. The van der Waals surface area contributed by atoms with Crippen LogP contribution in [0.25, 0.3) is 0 Å². The van der Waals surface area contributed by atoms with Gasteiger partial charge in [0.05, 0.1) is 28.0 Å². The van der Waals surface area contributed by atoms with Crippen molar-refractivity contribution < 1.29 is 13.2 Å². The second-order valence-electron chi connectivity index (χ2n) is 7.55. The van der Waals surface area contributed by atoms with Gasteiger partial charge in [-0.3, -0.25) is 14.4 Å². The third kappa shape index (κ3) is 4.25. The van der Waals surface area contributed by atoms with Crippen LogP contribution in [0.15, 0.2) is 11.0 Å². The van der Waals surface area contributed by atoms with Crippen LogP contribution in [0, 0.1) is 27.7 Å². The van der Waals surface area contributed by atoms with Crippen molar-refractivity contribution >= 4 is 33.0 Å². The van der Waals surface area contributed by atoms with Crippen molar-refractivity contribution in [1.29, 1.82) is 0 Å². The quantitative estimate of drug-likeness (QED) is 0.770. The number of carbonyl (C=O) groups excluding carboxylic acids is 1. The summed E-state index contributed by atoms with van der Waals surface area (Å²) in [4.78, 5) is 17.0. The van der Waals surface area contributed by atoms with Gasteiger partial charge in [-0.05, 0) is 40.7 Å². The SMILES string of the molecule is Cc1cc(S(=O)(=O)N2CCN(C(C)C(=O)Nc3c(C)nn(C)c3C)CC2)c(C)s1. The molecule has 2 aromatic rings. The van der Waals surface area contributed by atoms with Gasteiger partial charge in [0.2, 0.25) is 15.9 Å². The van der Waals surface area contributed by atoms with E-state index in [2.05, 4.69) is 10.4 Å². The maximum absolute atomic E-state index is 13.0. The number of aromatic nitrogens is 2. The van der Waals surface area contributed by atoms with Crippen LogP contribution in [-0.2, 0) is 21.9 Å². The highest BCUT2D eigenvalue weighted by Crippen LogP contribution is 2.28. The lowest BCUT2D eigenvalue weighted by Gasteiger charge is -2.36. The highest BCUT2D eigenvalue weighted by molar-refractivity contribution is 7.89. The second-order valence-corrected chi connectivity index (χ2v) is 10.9. The van der Waals surface area contributed by atoms with E-state index in [1.54, 1.807) is 10.7 Å². The van der Waals surface area contributed by atoms with Crippen LogP contribution in [0.5, 0.6) is 0 Å². The van der Waals surface area contributed by atoms with Gasteiger partial charge in [-0.1, -0.05) is 0 Å². The molecule has 1 amide bonds. The largest absolute Gasteiger partial charge is 0.322 e. The fourth-order valence-corrected chi connectivity index (χ4v) is 6.63. The van der Waals surface area contributed by atoms with Crippen molar-refractivity contribution in [2.45, 2.75) is 45.6 Å². The van der Waals surface area contributed by atoms with Crippen molar-refractivity contribution in [2.24, 2.45) is 7.05 Å². The Kier molecular flexibility index (Phi) is 6.19. The van der Waals surface area contributed by atoms with E-state index in [1.807, 2.05) is 46.6 Å². The summed E-state index contributed by atoms with van der Waals surface area (Å²) in [7, 11) is -1.65. The summed E-state index contributed by atoms with van der Waals surface area (Å²) in [6.07, 6.45) is 0. The molecule has 1 unspecified atom stereocenters. The number of hydrogen-bond acceptors (Lipinski definition) is 6. The molecule has 0 radical (unpaired) electrons. The van der Waals surface area contributed by atoms with E-state index in [4.69, 9.17) is 0 Å². The van der Waals surface area contributed by atoms with Crippen LogP contribution >= 0.6 is 11.3 Å². The maximum atomic E-state index is 13.0. The first-order chi connectivity index (χ1) is 13.5. The number of amides is 1. The topological polar surface area (TPSA) is 87.5 Å². The summed E-state index contributed by atoms with van der Waals surface area (Å²) in [6.45, 7) is 11.2. The molecule has 0 saturated carbocycles. The van der Waals surface area contributed by atoms with Gasteiger partial charge < -0.3 is 5.32 Å². The average molecular weight is 440 g/mol. The van der Waals surface area contributed by atoms with Gasteiger partial charge in [-0.25, -0.2) is 8.42 Å². The number of sulfonamides is 1. The molecule has 8 nitrogen and oxygen atoms in total. The molecule has 1 atom stereocenters. The third-order valence-corrected chi connectivity index (χ3v) is 8.69. The molecule has 0 aliphatic carbocycles. The first-order valence-corrected chi connectivity index (χ1v) is 11.9. The summed E-state index contributed by atoms with van der Waals surface area (Å²) in [5.74, 6) is -0.107. The Morgan fingerprint density at radius 2 is 1.79 bits per heavy atom. The van der Waals surface area contributed by atoms with Crippen molar-refractivity contribution in [3.63, 3.8) is 0 Å². The third-order valence-electron chi connectivity index (χ3n) is 5.57. The van der Waals surface area contributed by atoms with E-state index in [0.717, 1.165) is 26.8 Å². The Balaban J connectivity index is 1.64. The fraction of sp³-hybridized carbons (Fsp3) is 0.579. The molecular weight excluding hydrogens is 410 g/mol. The van der Waals surface area contributed by atoms with Gasteiger partial charge >= 0.3 is 0 Å². The molecule has 2 aromatic heterocycles. The number of nitrogens with one attached hydrogen (secondary N) is 1. The van der Waals surface area contributed by atoms with E-state index in [-0.39, 0.29) is 11.9 Å². The molecule has 1 fully saturated rings. The molecule has 1 saturated heterocycles. The summed E-state index contributed by atoms with van der Waals surface area (Å²) in [5.41, 5.74) is 2.43. The van der Waals surface area contributed by atoms with E-state index in [9.17, 15) is 13.2 Å². The van der Waals surface area contributed by atoms with E-state index < -0.39 is 10.0 Å².